The van der Waals surface area contributed by atoms with E-state index in [4.69, 9.17) is 10.6 Å². The van der Waals surface area contributed by atoms with Crippen molar-refractivity contribution in [2.75, 3.05) is 5.43 Å². The molecule has 0 bridgehead atoms. The van der Waals surface area contributed by atoms with E-state index in [0.29, 0.717) is 6.07 Å². The average molecular weight is 296 g/mol. The highest BCUT2D eigenvalue weighted by atomic mass is 19.1. The van der Waals surface area contributed by atoms with Crippen molar-refractivity contribution in [2.45, 2.75) is 6.92 Å². The Kier molecular flexibility index (Phi) is 3.94. The number of nitro benzene ring substituents is 1. The molecule has 0 amide bonds. The van der Waals surface area contributed by atoms with Crippen LogP contribution in [0.2, 0.25) is 0 Å². The molecule has 0 radical (unpaired) electrons. The highest BCUT2D eigenvalue weighted by Gasteiger charge is 2.18. The van der Waals surface area contributed by atoms with Crippen LogP contribution in [0.5, 0.6) is 11.6 Å². The molecule has 0 saturated heterocycles. The highest BCUT2D eigenvalue weighted by Crippen LogP contribution is 2.32. The number of aromatic nitrogens is 1. The summed E-state index contributed by atoms with van der Waals surface area (Å²) >= 11 is 0. The van der Waals surface area contributed by atoms with Gasteiger partial charge in [-0.25, -0.2) is 14.6 Å². The third-order valence-electron chi connectivity index (χ3n) is 2.69. The van der Waals surface area contributed by atoms with Crippen molar-refractivity contribution < 1.29 is 18.4 Å². The van der Waals surface area contributed by atoms with Gasteiger partial charge in [0.2, 0.25) is 0 Å². The number of nitro groups is 1. The van der Waals surface area contributed by atoms with E-state index in [1.807, 2.05) is 5.43 Å². The molecule has 1 aromatic heterocycles. The molecular formula is C12H10F2N4O3. The molecular weight excluding hydrogens is 286 g/mol. The van der Waals surface area contributed by atoms with Gasteiger partial charge in [0.1, 0.15) is 5.75 Å². The lowest BCUT2D eigenvalue weighted by Crippen LogP contribution is -2.11. The first-order chi connectivity index (χ1) is 9.93. The van der Waals surface area contributed by atoms with Crippen molar-refractivity contribution in [1.82, 2.24) is 4.98 Å². The van der Waals surface area contributed by atoms with Gasteiger partial charge in [-0.05, 0) is 13.0 Å². The molecule has 2 aromatic rings. The van der Waals surface area contributed by atoms with Gasteiger partial charge < -0.3 is 10.2 Å². The van der Waals surface area contributed by atoms with Crippen molar-refractivity contribution in [1.29, 1.82) is 0 Å². The zero-order valence-electron chi connectivity index (χ0n) is 10.8. The van der Waals surface area contributed by atoms with Crippen LogP contribution >= 0.6 is 0 Å². The van der Waals surface area contributed by atoms with Crippen molar-refractivity contribution in [3.05, 3.63) is 51.6 Å². The topological polar surface area (TPSA) is 103 Å². The van der Waals surface area contributed by atoms with Gasteiger partial charge >= 0.3 is 0 Å². The number of pyridine rings is 1. The summed E-state index contributed by atoms with van der Waals surface area (Å²) in [5.41, 5.74) is 1.95. The minimum atomic E-state index is -1.06. The monoisotopic (exact) mass is 296 g/mol. The molecule has 0 aliphatic carbocycles. The van der Waals surface area contributed by atoms with Crippen LogP contribution in [0, 0.1) is 28.7 Å². The summed E-state index contributed by atoms with van der Waals surface area (Å²) in [4.78, 5) is 13.8. The Morgan fingerprint density at radius 2 is 2.10 bits per heavy atom. The van der Waals surface area contributed by atoms with E-state index >= 15 is 0 Å². The number of halogens is 2. The van der Waals surface area contributed by atoms with Crippen LogP contribution in [0.25, 0.3) is 0 Å². The van der Waals surface area contributed by atoms with Crippen LogP contribution in [-0.2, 0) is 0 Å². The number of rotatable bonds is 4. The Hall–Kier alpha value is -2.81. The average Bonchev–Trinajstić information content (AvgIpc) is 2.43. The maximum atomic E-state index is 13.6. The molecule has 0 unspecified atom stereocenters. The summed E-state index contributed by atoms with van der Waals surface area (Å²) in [6.07, 6.45) is 0. The van der Waals surface area contributed by atoms with Crippen LogP contribution < -0.4 is 16.0 Å². The van der Waals surface area contributed by atoms with Crippen molar-refractivity contribution >= 4 is 11.5 Å². The van der Waals surface area contributed by atoms with E-state index in [1.54, 1.807) is 0 Å². The number of nitrogen functional groups attached to an aromatic ring is 1. The number of nitrogens with zero attached hydrogens (tertiary/aromatic N) is 2. The van der Waals surface area contributed by atoms with E-state index in [2.05, 4.69) is 4.98 Å². The first-order valence-electron chi connectivity index (χ1n) is 5.68. The summed E-state index contributed by atoms with van der Waals surface area (Å²) in [6, 6.07) is 4.61. The predicted octanol–water partition coefficient (Wildman–Crippen LogP) is 2.65. The van der Waals surface area contributed by atoms with Gasteiger partial charge in [-0.1, -0.05) is 6.07 Å². The minimum absolute atomic E-state index is 0.0326. The summed E-state index contributed by atoms with van der Waals surface area (Å²) in [5.74, 6) is 2.07. The molecule has 0 spiro atoms. The fourth-order valence-electron chi connectivity index (χ4n) is 1.64. The lowest BCUT2D eigenvalue weighted by molar-refractivity contribution is -0.385. The minimum Gasteiger partial charge on any atom is -0.436 e. The molecule has 3 N–H and O–H groups in total. The Bertz CT molecular complexity index is 709. The fourth-order valence-corrected chi connectivity index (χ4v) is 1.64. The van der Waals surface area contributed by atoms with E-state index < -0.39 is 28.3 Å². The van der Waals surface area contributed by atoms with Crippen molar-refractivity contribution in [3.63, 3.8) is 0 Å². The van der Waals surface area contributed by atoms with E-state index in [9.17, 15) is 18.9 Å². The predicted molar refractivity (Wildman–Crippen MR) is 69.9 cm³/mol. The number of nitrogens with two attached hydrogens (primary N) is 1. The Labute approximate surface area is 117 Å². The third kappa shape index (κ3) is 2.87. The summed E-state index contributed by atoms with van der Waals surface area (Å²) in [5, 5.41) is 10.8. The second-order valence-corrected chi connectivity index (χ2v) is 4.01. The first kappa shape index (κ1) is 14.6. The maximum absolute atomic E-state index is 13.6. The standard InChI is InChI=1S/C12H10F2N4O3/c1-6-9(18(19)20)3-2-4-10(6)21-12-8(14)5-7(13)11(16-12)17-15/h2-5H,15H2,1H3,(H,16,17). The number of nitrogens with one attached hydrogen (secondary N) is 1. The van der Waals surface area contributed by atoms with Crippen molar-refractivity contribution in [2.24, 2.45) is 5.84 Å². The van der Waals surface area contributed by atoms with E-state index in [1.165, 1.54) is 25.1 Å². The molecule has 110 valence electrons. The van der Waals surface area contributed by atoms with Crippen LogP contribution in [0.4, 0.5) is 20.3 Å². The second kappa shape index (κ2) is 5.67. The summed E-state index contributed by atoms with van der Waals surface area (Å²) in [6.45, 7) is 1.44. The molecule has 21 heavy (non-hydrogen) atoms. The Morgan fingerprint density at radius 3 is 2.71 bits per heavy atom. The van der Waals surface area contributed by atoms with Gasteiger partial charge in [0.25, 0.3) is 11.6 Å². The number of hydrogen-bond acceptors (Lipinski definition) is 6. The molecule has 2 rings (SSSR count). The third-order valence-corrected chi connectivity index (χ3v) is 2.69. The summed E-state index contributed by atoms with van der Waals surface area (Å²) < 4.78 is 32.0. The molecule has 0 fully saturated rings. The SMILES string of the molecule is Cc1c(Oc2nc(NN)c(F)cc2F)cccc1[N+](=O)[O-]. The fraction of sp³-hybridized carbons (Fsp3) is 0.0833. The first-order valence-corrected chi connectivity index (χ1v) is 5.68. The number of hydrogen-bond donors (Lipinski definition) is 2. The summed E-state index contributed by atoms with van der Waals surface area (Å²) in [7, 11) is 0. The molecule has 1 aromatic carbocycles. The van der Waals surface area contributed by atoms with Gasteiger partial charge in [0.15, 0.2) is 17.5 Å². The van der Waals surface area contributed by atoms with Crippen molar-refractivity contribution in [3.8, 4) is 11.6 Å². The molecule has 0 atom stereocenters. The van der Waals surface area contributed by atoms with Gasteiger partial charge in [0.05, 0.1) is 10.5 Å². The lowest BCUT2D eigenvalue weighted by Gasteiger charge is -2.10. The molecule has 0 aliphatic rings. The molecule has 0 saturated carbocycles. The van der Waals surface area contributed by atoms with E-state index in [-0.39, 0.29) is 17.0 Å². The van der Waals surface area contributed by atoms with Gasteiger partial charge in [0, 0.05) is 12.1 Å². The van der Waals surface area contributed by atoms with Gasteiger partial charge in [-0.15, -0.1) is 0 Å². The smallest absolute Gasteiger partial charge is 0.276 e. The van der Waals surface area contributed by atoms with Crippen LogP contribution in [0.15, 0.2) is 24.3 Å². The lowest BCUT2D eigenvalue weighted by atomic mass is 10.2. The Morgan fingerprint density at radius 1 is 1.38 bits per heavy atom. The molecule has 9 heteroatoms. The van der Waals surface area contributed by atoms with Crippen LogP contribution in [-0.4, -0.2) is 9.91 Å². The zero-order valence-corrected chi connectivity index (χ0v) is 10.8. The number of hydrazine groups is 1. The number of benzene rings is 1. The van der Waals surface area contributed by atoms with Gasteiger partial charge in [-0.2, -0.15) is 4.98 Å². The maximum Gasteiger partial charge on any atom is 0.276 e. The highest BCUT2D eigenvalue weighted by molar-refractivity contribution is 5.50. The normalized spacial score (nSPS) is 10.3. The zero-order chi connectivity index (χ0) is 15.6. The van der Waals surface area contributed by atoms with Crippen LogP contribution in [0.3, 0.4) is 0 Å². The van der Waals surface area contributed by atoms with Crippen LogP contribution in [0.1, 0.15) is 5.56 Å². The number of ether oxygens (including phenoxy) is 1. The quantitative estimate of drug-likeness (QED) is 0.510. The largest absolute Gasteiger partial charge is 0.436 e. The molecule has 7 nitrogen and oxygen atoms in total. The Balaban J connectivity index is 2.43. The second-order valence-electron chi connectivity index (χ2n) is 4.01. The van der Waals surface area contributed by atoms with Gasteiger partial charge in [-0.3, -0.25) is 10.1 Å². The molecule has 0 aliphatic heterocycles. The van der Waals surface area contributed by atoms with E-state index in [0.717, 1.165) is 0 Å². The molecule has 1 heterocycles. The number of anilines is 1.